The molecule has 0 aromatic carbocycles. The topological polar surface area (TPSA) is 45.9 Å². The molecule has 0 bridgehead atoms. The van der Waals surface area contributed by atoms with Crippen LogP contribution in [-0.2, 0) is 6.42 Å². The number of hydrogen-bond donors (Lipinski definition) is 0. The lowest BCUT2D eigenvalue weighted by Crippen LogP contribution is -2.19. The molecule has 8 heteroatoms. The van der Waals surface area contributed by atoms with Crippen molar-refractivity contribution in [1.29, 1.82) is 5.26 Å². The molecule has 0 N–H and O–H groups in total. The van der Waals surface area contributed by atoms with Gasteiger partial charge < -0.3 is 4.74 Å². The highest BCUT2D eigenvalue weighted by molar-refractivity contribution is 5.35. The highest BCUT2D eigenvalue weighted by Crippen LogP contribution is 2.30. The van der Waals surface area contributed by atoms with E-state index in [4.69, 9.17) is 5.26 Å². The molecule has 0 aliphatic carbocycles. The zero-order valence-corrected chi connectivity index (χ0v) is 9.05. The van der Waals surface area contributed by atoms with Gasteiger partial charge in [-0.15, -0.1) is 13.2 Å². The smallest absolute Gasteiger partial charge is 0.388 e. The van der Waals surface area contributed by atoms with Gasteiger partial charge in [-0.2, -0.15) is 5.26 Å². The van der Waals surface area contributed by atoms with Gasteiger partial charge in [0.25, 0.3) is 6.43 Å². The lowest BCUT2D eigenvalue weighted by molar-refractivity contribution is -0.276. The number of nitrogens with zero attached hydrogens (tertiary/aromatic N) is 2. The van der Waals surface area contributed by atoms with Crippen LogP contribution in [-0.4, -0.2) is 11.3 Å². The minimum atomic E-state index is -4.96. The molecular formula is C10H7F5N2O. The van der Waals surface area contributed by atoms with Gasteiger partial charge in [0.05, 0.1) is 18.2 Å². The molecule has 0 aliphatic rings. The summed E-state index contributed by atoms with van der Waals surface area (Å²) in [7, 11) is 0. The fourth-order valence-corrected chi connectivity index (χ4v) is 1.27. The summed E-state index contributed by atoms with van der Waals surface area (Å²) in [5.41, 5.74) is -1.16. The van der Waals surface area contributed by atoms with E-state index in [1.807, 2.05) is 0 Å². The van der Waals surface area contributed by atoms with E-state index in [1.54, 1.807) is 6.07 Å². The number of ether oxygens (including phenoxy) is 1. The molecule has 1 aromatic rings. The number of halogens is 5. The lowest BCUT2D eigenvalue weighted by Gasteiger charge is -2.13. The van der Waals surface area contributed by atoms with Gasteiger partial charge in [0, 0.05) is 11.1 Å². The maximum atomic E-state index is 12.6. The Hall–Kier alpha value is -1.91. The predicted octanol–water partition coefficient (Wildman–Crippen LogP) is 3.29. The molecule has 0 radical (unpaired) electrons. The number of aromatic nitrogens is 1. The molecule has 0 atom stereocenters. The minimum Gasteiger partial charge on any atom is -0.388 e. The van der Waals surface area contributed by atoms with Crippen LogP contribution < -0.4 is 4.74 Å². The third-order valence-corrected chi connectivity index (χ3v) is 1.97. The van der Waals surface area contributed by atoms with Crippen molar-refractivity contribution in [2.45, 2.75) is 26.1 Å². The van der Waals surface area contributed by atoms with Gasteiger partial charge in [-0.05, 0) is 13.0 Å². The van der Waals surface area contributed by atoms with Crippen molar-refractivity contribution in [3.8, 4) is 11.9 Å². The predicted molar refractivity (Wildman–Crippen MR) is 49.9 cm³/mol. The molecule has 1 rings (SSSR count). The molecule has 1 aromatic heterocycles. The van der Waals surface area contributed by atoms with Crippen LogP contribution in [0.4, 0.5) is 22.0 Å². The molecule has 98 valence electrons. The largest absolute Gasteiger partial charge is 0.574 e. The molecule has 0 spiro atoms. The Bertz CT molecular complexity index is 478. The Morgan fingerprint density at radius 2 is 2.06 bits per heavy atom. The molecule has 0 saturated heterocycles. The van der Waals surface area contributed by atoms with Gasteiger partial charge >= 0.3 is 6.36 Å². The molecule has 1 heterocycles. The van der Waals surface area contributed by atoms with Crippen molar-refractivity contribution >= 4 is 0 Å². The van der Waals surface area contributed by atoms with Crippen LogP contribution >= 0.6 is 0 Å². The second-order valence-electron chi connectivity index (χ2n) is 3.33. The van der Waals surface area contributed by atoms with Gasteiger partial charge in [0.2, 0.25) is 5.88 Å². The van der Waals surface area contributed by atoms with Gasteiger partial charge in [-0.1, -0.05) is 0 Å². The molecule has 0 fully saturated rings. The summed E-state index contributed by atoms with van der Waals surface area (Å²) in [6.45, 7) is 1.16. The van der Waals surface area contributed by atoms with E-state index in [0.29, 0.717) is 0 Å². The van der Waals surface area contributed by atoms with Crippen molar-refractivity contribution in [1.82, 2.24) is 4.98 Å². The first-order chi connectivity index (χ1) is 8.24. The van der Waals surface area contributed by atoms with Crippen LogP contribution in [0.5, 0.6) is 5.88 Å². The average Bonchev–Trinajstić information content (AvgIpc) is 2.20. The highest BCUT2D eigenvalue weighted by Gasteiger charge is 2.33. The van der Waals surface area contributed by atoms with Crippen molar-refractivity contribution in [2.24, 2.45) is 0 Å². The Morgan fingerprint density at radius 3 is 2.50 bits per heavy atom. The first kappa shape index (κ1) is 14.2. The molecule has 18 heavy (non-hydrogen) atoms. The van der Waals surface area contributed by atoms with Crippen molar-refractivity contribution in [2.75, 3.05) is 0 Å². The summed E-state index contributed by atoms with van der Waals surface area (Å²) in [6, 6.07) is 2.39. The summed E-state index contributed by atoms with van der Waals surface area (Å²) < 4.78 is 64.8. The third-order valence-electron chi connectivity index (χ3n) is 1.97. The second-order valence-corrected chi connectivity index (χ2v) is 3.33. The third kappa shape index (κ3) is 3.55. The number of nitriles is 1. The first-order valence-corrected chi connectivity index (χ1v) is 4.66. The van der Waals surface area contributed by atoms with Crippen molar-refractivity contribution < 1.29 is 26.7 Å². The van der Waals surface area contributed by atoms with E-state index in [1.165, 1.54) is 0 Å². The normalized spacial score (nSPS) is 11.4. The molecule has 3 nitrogen and oxygen atoms in total. The number of hydrogen-bond acceptors (Lipinski definition) is 3. The van der Waals surface area contributed by atoms with Crippen molar-refractivity contribution in [3.05, 3.63) is 22.9 Å². The SMILES string of the molecule is Cc1cc(C(F)F)c(CC#N)nc1OC(F)(F)F. The lowest BCUT2D eigenvalue weighted by atomic mass is 10.1. The van der Waals surface area contributed by atoms with Crippen LogP contribution in [0, 0.1) is 18.3 Å². The van der Waals surface area contributed by atoms with Crippen molar-refractivity contribution in [3.63, 3.8) is 0 Å². The summed E-state index contributed by atoms with van der Waals surface area (Å²) in [4.78, 5) is 3.32. The number of alkyl halides is 5. The van der Waals surface area contributed by atoms with E-state index in [2.05, 4.69) is 9.72 Å². The number of pyridine rings is 1. The van der Waals surface area contributed by atoms with Crippen LogP contribution in [0.1, 0.15) is 23.2 Å². The van der Waals surface area contributed by atoms with Gasteiger partial charge in [0.1, 0.15) is 0 Å². The second kappa shape index (κ2) is 5.16. The Balaban J connectivity index is 3.23. The maximum absolute atomic E-state index is 12.6. The molecule has 0 unspecified atom stereocenters. The molecule has 0 saturated carbocycles. The fourth-order valence-electron chi connectivity index (χ4n) is 1.27. The maximum Gasteiger partial charge on any atom is 0.574 e. The number of aryl methyl sites for hydroxylation is 1. The quantitative estimate of drug-likeness (QED) is 0.788. The molecule has 0 aliphatic heterocycles. The van der Waals surface area contributed by atoms with Crippen LogP contribution in [0.3, 0.4) is 0 Å². The zero-order chi connectivity index (χ0) is 13.9. The van der Waals surface area contributed by atoms with Crippen LogP contribution in [0.15, 0.2) is 6.07 Å². The van der Waals surface area contributed by atoms with E-state index in [-0.39, 0.29) is 5.56 Å². The summed E-state index contributed by atoms with van der Waals surface area (Å²) in [6.07, 6.45) is -8.40. The molecule has 0 amide bonds. The summed E-state index contributed by atoms with van der Waals surface area (Å²) >= 11 is 0. The Kier molecular flexibility index (Phi) is 4.06. The summed E-state index contributed by atoms with van der Waals surface area (Å²) in [5, 5.41) is 8.42. The van der Waals surface area contributed by atoms with Crippen LogP contribution in [0.25, 0.3) is 0 Å². The average molecular weight is 266 g/mol. The highest BCUT2D eigenvalue weighted by atomic mass is 19.4. The Labute approximate surface area is 98.8 Å². The fraction of sp³-hybridized carbons (Fsp3) is 0.400. The Morgan fingerprint density at radius 1 is 1.44 bits per heavy atom. The van der Waals surface area contributed by atoms with E-state index < -0.39 is 36.3 Å². The van der Waals surface area contributed by atoms with E-state index in [9.17, 15) is 22.0 Å². The van der Waals surface area contributed by atoms with Crippen LogP contribution in [0.2, 0.25) is 0 Å². The first-order valence-electron chi connectivity index (χ1n) is 4.66. The number of rotatable bonds is 3. The van der Waals surface area contributed by atoms with Gasteiger partial charge in [-0.25, -0.2) is 13.8 Å². The van der Waals surface area contributed by atoms with Gasteiger partial charge in [0.15, 0.2) is 0 Å². The monoisotopic (exact) mass is 266 g/mol. The molecular weight excluding hydrogens is 259 g/mol. The van der Waals surface area contributed by atoms with E-state index in [0.717, 1.165) is 13.0 Å². The standard InChI is InChI=1S/C10H7F5N2O/c1-5-4-6(8(11)12)7(2-3-16)17-9(5)18-10(13,14)15/h4,8H,2H2,1H3. The van der Waals surface area contributed by atoms with E-state index >= 15 is 0 Å². The minimum absolute atomic E-state index is 0.177. The summed E-state index contributed by atoms with van der Waals surface area (Å²) in [5.74, 6) is -0.822. The zero-order valence-electron chi connectivity index (χ0n) is 9.05. The van der Waals surface area contributed by atoms with Gasteiger partial charge in [-0.3, -0.25) is 0 Å².